The molecule has 0 bridgehead atoms. The molecule has 0 saturated carbocycles. The van der Waals surface area contributed by atoms with Gasteiger partial charge in [0.05, 0.1) is 0 Å². The van der Waals surface area contributed by atoms with Crippen molar-refractivity contribution in [2.75, 3.05) is 0 Å². The third-order valence-corrected chi connectivity index (χ3v) is 1.81. The Bertz CT molecular complexity index is 267. The summed E-state index contributed by atoms with van der Waals surface area (Å²) >= 11 is 0. The number of carbonyl (C=O) groups is 1. The molecule has 1 rings (SSSR count). The van der Waals surface area contributed by atoms with E-state index in [1.165, 1.54) is 0 Å². The van der Waals surface area contributed by atoms with E-state index in [1.807, 2.05) is 37.3 Å². The van der Waals surface area contributed by atoms with Gasteiger partial charge in [-0.25, -0.2) is 0 Å². The Morgan fingerprint density at radius 1 is 1.36 bits per heavy atom. The van der Waals surface area contributed by atoms with E-state index in [-0.39, 0.29) is 36.9 Å². The summed E-state index contributed by atoms with van der Waals surface area (Å²) < 4.78 is 0. The molecule has 0 unspecified atom stereocenters. The molecule has 1 aromatic carbocycles. The van der Waals surface area contributed by atoms with Gasteiger partial charge >= 0.3 is 29.6 Å². The molecule has 0 atom stereocenters. The molecule has 0 aliphatic rings. The second-order valence-corrected chi connectivity index (χ2v) is 3.01. The molecule has 72 valence electrons. The number of benzene rings is 1. The largest absolute Gasteiger partial charge is 1.00 e. The molecule has 0 aromatic heterocycles. The van der Waals surface area contributed by atoms with Crippen molar-refractivity contribution in [2.24, 2.45) is 0 Å². The van der Waals surface area contributed by atoms with Crippen LogP contribution in [0.4, 0.5) is 0 Å². The van der Waals surface area contributed by atoms with E-state index >= 15 is 0 Å². The SMILES string of the molecule is CCCC(=O)NCc1ccccc1.[H-].[Na+]. The molecule has 1 N–H and O–H groups in total. The van der Waals surface area contributed by atoms with Crippen LogP contribution in [0.25, 0.3) is 0 Å². The Labute approximate surface area is 109 Å². The van der Waals surface area contributed by atoms with Crippen LogP contribution in [0.1, 0.15) is 26.8 Å². The summed E-state index contributed by atoms with van der Waals surface area (Å²) in [6.07, 6.45) is 1.52. The van der Waals surface area contributed by atoms with Gasteiger partial charge in [0.15, 0.2) is 0 Å². The Morgan fingerprint density at radius 3 is 2.57 bits per heavy atom. The fourth-order valence-corrected chi connectivity index (χ4v) is 1.11. The molecular formula is C11H16NNaO. The predicted octanol–water partition coefficient (Wildman–Crippen LogP) is -0.781. The van der Waals surface area contributed by atoms with Gasteiger partial charge in [-0.15, -0.1) is 0 Å². The van der Waals surface area contributed by atoms with E-state index in [0.717, 1.165) is 12.0 Å². The molecule has 0 aliphatic heterocycles. The maximum atomic E-state index is 11.1. The number of rotatable bonds is 4. The second kappa shape index (κ2) is 8.04. The van der Waals surface area contributed by atoms with Gasteiger partial charge in [0, 0.05) is 13.0 Å². The van der Waals surface area contributed by atoms with Crippen LogP contribution in [-0.2, 0) is 11.3 Å². The molecule has 3 heteroatoms. The molecule has 14 heavy (non-hydrogen) atoms. The minimum atomic E-state index is 0. The van der Waals surface area contributed by atoms with Crippen LogP contribution in [0.5, 0.6) is 0 Å². The molecule has 0 radical (unpaired) electrons. The van der Waals surface area contributed by atoms with E-state index in [0.29, 0.717) is 13.0 Å². The molecule has 0 heterocycles. The van der Waals surface area contributed by atoms with Crippen molar-refractivity contribution in [3.8, 4) is 0 Å². The molecule has 1 amide bonds. The van der Waals surface area contributed by atoms with Crippen LogP contribution in [-0.4, -0.2) is 5.91 Å². The van der Waals surface area contributed by atoms with Crippen LogP contribution in [0, 0.1) is 0 Å². The Balaban J connectivity index is 0. The Kier molecular flexibility index (Phi) is 7.86. The number of carbonyl (C=O) groups excluding carboxylic acids is 1. The topological polar surface area (TPSA) is 29.1 Å². The number of nitrogens with one attached hydrogen (secondary N) is 1. The van der Waals surface area contributed by atoms with Crippen molar-refractivity contribution in [1.29, 1.82) is 0 Å². The smallest absolute Gasteiger partial charge is 1.00 e. The summed E-state index contributed by atoms with van der Waals surface area (Å²) in [7, 11) is 0. The number of hydrogen-bond acceptors (Lipinski definition) is 1. The van der Waals surface area contributed by atoms with Crippen molar-refractivity contribution in [3.05, 3.63) is 35.9 Å². The minimum absolute atomic E-state index is 0. The van der Waals surface area contributed by atoms with Crippen molar-refractivity contribution < 1.29 is 35.8 Å². The summed E-state index contributed by atoms with van der Waals surface area (Å²) in [5.41, 5.74) is 1.15. The number of amides is 1. The fraction of sp³-hybridized carbons (Fsp3) is 0.364. The third kappa shape index (κ3) is 5.43. The standard InChI is InChI=1S/C11H15NO.Na.H/c1-2-6-11(13)12-9-10-7-4-3-5-8-10;;/h3-5,7-8H,2,6,9H2,1H3,(H,12,13);;/q;+1;-1. The van der Waals surface area contributed by atoms with E-state index < -0.39 is 0 Å². The average molecular weight is 201 g/mol. The molecular weight excluding hydrogens is 185 g/mol. The monoisotopic (exact) mass is 201 g/mol. The molecule has 0 spiro atoms. The summed E-state index contributed by atoms with van der Waals surface area (Å²) in [4.78, 5) is 11.1. The van der Waals surface area contributed by atoms with Crippen molar-refractivity contribution in [1.82, 2.24) is 5.32 Å². The zero-order chi connectivity index (χ0) is 9.52. The zero-order valence-electron chi connectivity index (χ0n) is 9.92. The van der Waals surface area contributed by atoms with Gasteiger partial charge in [-0.3, -0.25) is 4.79 Å². The van der Waals surface area contributed by atoms with Gasteiger partial charge in [-0.2, -0.15) is 0 Å². The minimum Gasteiger partial charge on any atom is -1.00 e. The second-order valence-electron chi connectivity index (χ2n) is 3.01. The van der Waals surface area contributed by atoms with Crippen molar-refractivity contribution >= 4 is 5.91 Å². The Morgan fingerprint density at radius 2 is 2.00 bits per heavy atom. The van der Waals surface area contributed by atoms with Gasteiger partial charge in [-0.1, -0.05) is 37.3 Å². The van der Waals surface area contributed by atoms with Crippen LogP contribution in [0.3, 0.4) is 0 Å². The van der Waals surface area contributed by atoms with E-state index in [9.17, 15) is 4.79 Å². The van der Waals surface area contributed by atoms with E-state index in [4.69, 9.17) is 0 Å². The van der Waals surface area contributed by atoms with E-state index in [2.05, 4.69) is 5.32 Å². The maximum Gasteiger partial charge on any atom is 1.00 e. The van der Waals surface area contributed by atoms with E-state index in [1.54, 1.807) is 0 Å². The van der Waals surface area contributed by atoms with Crippen LogP contribution >= 0.6 is 0 Å². The summed E-state index contributed by atoms with van der Waals surface area (Å²) in [6.45, 7) is 2.64. The third-order valence-electron chi connectivity index (χ3n) is 1.81. The first kappa shape index (κ1) is 13.7. The van der Waals surface area contributed by atoms with Crippen LogP contribution in [0.15, 0.2) is 30.3 Å². The quantitative estimate of drug-likeness (QED) is 0.636. The predicted molar refractivity (Wildman–Crippen MR) is 54.3 cm³/mol. The van der Waals surface area contributed by atoms with Gasteiger partial charge in [0.1, 0.15) is 0 Å². The van der Waals surface area contributed by atoms with Gasteiger partial charge in [0.25, 0.3) is 0 Å². The normalized spacial score (nSPS) is 8.93. The van der Waals surface area contributed by atoms with Gasteiger partial charge < -0.3 is 6.74 Å². The summed E-state index contributed by atoms with van der Waals surface area (Å²) in [5.74, 6) is 0.131. The molecule has 0 aliphatic carbocycles. The first-order chi connectivity index (χ1) is 6.33. The van der Waals surface area contributed by atoms with Gasteiger partial charge in [0.2, 0.25) is 5.91 Å². The molecule has 2 nitrogen and oxygen atoms in total. The maximum absolute atomic E-state index is 11.1. The fourth-order valence-electron chi connectivity index (χ4n) is 1.11. The van der Waals surface area contributed by atoms with Crippen LogP contribution in [0.2, 0.25) is 0 Å². The molecule has 0 fully saturated rings. The first-order valence-corrected chi connectivity index (χ1v) is 4.63. The first-order valence-electron chi connectivity index (χ1n) is 4.63. The van der Waals surface area contributed by atoms with Gasteiger partial charge in [-0.05, 0) is 12.0 Å². The molecule has 1 aromatic rings. The average Bonchev–Trinajstić information content (AvgIpc) is 2.17. The molecule has 0 saturated heterocycles. The van der Waals surface area contributed by atoms with Crippen LogP contribution < -0.4 is 34.9 Å². The Hall–Kier alpha value is -0.310. The van der Waals surface area contributed by atoms with Crippen molar-refractivity contribution in [3.63, 3.8) is 0 Å². The zero-order valence-corrected chi connectivity index (χ0v) is 10.9. The van der Waals surface area contributed by atoms with Crippen molar-refractivity contribution in [2.45, 2.75) is 26.3 Å². The summed E-state index contributed by atoms with van der Waals surface area (Å²) in [5, 5.41) is 2.86. The summed E-state index contributed by atoms with van der Waals surface area (Å²) in [6, 6.07) is 9.93. The number of hydrogen-bond donors (Lipinski definition) is 1.